The molecule has 0 aliphatic carbocycles. The Kier molecular flexibility index (Phi) is 3.71. The van der Waals surface area contributed by atoms with E-state index in [2.05, 4.69) is 20.1 Å². The lowest BCUT2D eigenvalue weighted by Gasteiger charge is -2.14. The zero-order valence-corrected chi connectivity index (χ0v) is 10.4. The van der Waals surface area contributed by atoms with Crippen LogP contribution in [0.3, 0.4) is 0 Å². The number of nitrogens with zero attached hydrogens (tertiary/aromatic N) is 4. The molecule has 1 amide bonds. The minimum absolute atomic E-state index is 0.0160. The van der Waals surface area contributed by atoms with Gasteiger partial charge in [0.1, 0.15) is 5.82 Å². The Balaban J connectivity index is 1.80. The summed E-state index contributed by atoms with van der Waals surface area (Å²) in [4.78, 5) is 24.5. The number of H-pyrrole nitrogens is 1. The van der Waals surface area contributed by atoms with Gasteiger partial charge in [-0.1, -0.05) is 5.16 Å². The molecule has 0 aromatic carbocycles. The Morgan fingerprint density at radius 1 is 1.56 bits per heavy atom. The van der Waals surface area contributed by atoms with E-state index in [0.717, 1.165) is 5.82 Å². The maximum Gasteiger partial charge on any atom is 0.227 e. The van der Waals surface area contributed by atoms with Crippen molar-refractivity contribution in [1.82, 2.24) is 25.0 Å². The van der Waals surface area contributed by atoms with Crippen LogP contribution in [-0.2, 0) is 17.8 Å². The van der Waals surface area contributed by atoms with Crippen LogP contribution in [0.15, 0.2) is 16.9 Å². The fraction of sp³-hybridized carbons (Fsp3) is 0.455. The van der Waals surface area contributed by atoms with Gasteiger partial charge in [-0.25, -0.2) is 4.98 Å². The summed E-state index contributed by atoms with van der Waals surface area (Å²) in [5, 5.41) is 3.67. The second-order valence-corrected chi connectivity index (χ2v) is 4.02. The van der Waals surface area contributed by atoms with E-state index in [1.54, 1.807) is 31.3 Å². The highest BCUT2D eigenvalue weighted by atomic mass is 16.5. The standard InChI is InChI=1S/C11H15N5O2/c1-8-14-10(18-15-8)3-4-11(17)16(2)7-9-12-5-6-13-9/h5-6H,3-4,7H2,1-2H3,(H,12,13). The van der Waals surface area contributed by atoms with E-state index >= 15 is 0 Å². The summed E-state index contributed by atoms with van der Waals surface area (Å²) in [5.41, 5.74) is 0. The summed E-state index contributed by atoms with van der Waals surface area (Å²) in [6.45, 7) is 2.21. The molecular formula is C11H15N5O2. The Morgan fingerprint density at radius 2 is 2.39 bits per heavy atom. The molecule has 0 aliphatic heterocycles. The SMILES string of the molecule is Cc1noc(CCC(=O)N(C)Cc2ncc[nH]2)n1. The molecule has 96 valence electrons. The molecule has 1 N–H and O–H groups in total. The number of aromatic amines is 1. The van der Waals surface area contributed by atoms with E-state index in [4.69, 9.17) is 4.52 Å². The number of carbonyl (C=O) groups excluding carboxylic acids is 1. The zero-order valence-electron chi connectivity index (χ0n) is 10.4. The summed E-state index contributed by atoms with van der Waals surface area (Å²) in [5.74, 6) is 1.86. The summed E-state index contributed by atoms with van der Waals surface area (Å²) in [7, 11) is 1.74. The van der Waals surface area contributed by atoms with Gasteiger partial charge < -0.3 is 14.4 Å². The molecule has 7 nitrogen and oxygen atoms in total. The molecule has 0 aliphatic rings. The van der Waals surface area contributed by atoms with Crippen molar-refractivity contribution in [3.8, 4) is 0 Å². The molecule has 0 atom stereocenters. The third-order valence-corrected chi connectivity index (χ3v) is 2.49. The Labute approximate surface area is 104 Å². The van der Waals surface area contributed by atoms with Crippen LogP contribution < -0.4 is 0 Å². The van der Waals surface area contributed by atoms with Crippen LogP contribution in [0, 0.1) is 6.92 Å². The van der Waals surface area contributed by atoms with Gasteiger partial charge in [-0.2, -0.15) is 4.98 Å². The average Bonchev–Trinajstić information content (AvgIpc) is 2.97. The van der Waals surface area contributed by atoms with Crippen LogP contribution in [0.5, 0.6) is 0 Å². The van der Waals surface area contributed by atoms with Gasteiger partial charge >= 0.3 is 0 Å². The average molecular weight is 249 g/mol. The van der Waals surface area contributed by atoms with Gasteiger partial charge in [0.25, 0.3) is 0 Å². The number of rotatable bonds is 5. The Morgan fingerprint density at radius 3 is 3.00 bits per heavy atom. The van der Waals surface area contributed by atoms with Crippen LogP contribution >= 0.6 is 0 Å². The van der Waals surface area contributed by atoms with Crippen LogP contribution in [0.2, 0.25) is 0 Å². The molecule has 0 saturated carbocycles. The second kappa shape index (κ2) is 5.44. The largest absolute Gasteiger partial charge is 0.347 e. The van der Waals surface area contributed by atoms with Gasteiger partial charge in [-0.05, 0) is 6.92 Å². The minimum atomic E-state index is 0.0160. The first-order valence-corrected chi connectivity index (χ1v) is 5.66. The molecule has 2 aromatic rings. The van der Waals surface area contributed by atoms with Gasteiger partial charge in [-0.15, -0.1) is 0 Å². The summed E-state index contributed by atoms with van der Waals surface area (Å²) in [6.07, 6.45) is 4.20. The van der Waals surface area contributed by atoms with Crippen LogP contribution in [0.25, 0.3) is 0 Å². The topological polar surface area (TPSA) is 87.9 Å². The summed E-state index contributed by atoms with van der Waals surface area (Å²) in [6, 6.07) is 0. The van der Waals surface area contributed by atoms with E-state index in [1.807, 2.05) is 0 Å². The van der Waals surface area contributed by atoms with Crippen molar-refractivity contribution in [3.63, 3.8) is 0 Å². The van der Waals surface area contributed by atoms with E-state index in [1.165, 1.54) is 0 Å². The summed E-state index contributed by atoms with van der Waals surface area (Å²) >= 11 is 0. The number of hydrogen-bond acceptors (Lipinski definition) is 5. The van der Waals surface area contributed by atoms with E-state index in [0.29, 0.717) is 31.1 Å². The molecule has 0 unspecified atom stereocenters. The number of aromatic nitrogens is 4. The smallest absolute Gasteiger partial charge is 0.227 e. The van der Waals surface area contributed by atoms with E-state index in [9.17, 15) is 4.79 Å². The summed E-state index contributed by atoms with van der Waals surface area (Å²) < 4.78 is 4.95. The molecule has 0 radical (unpaired) electrons. The highest BCUT2D eigenvalue weighted by molar-refractivity contribution is 5.75. The molecule has 7 heteroatoms. The zero-order chi connectivity index (χ0) is 13.0. The van der Waals surface area contributed by atoms with Gasteiger partial charge in [0, 0.05) is 32.3 Å². The van der Waals surface area contributed by atoms with Crippen molar-refractivity contribution in [2.24, 2.45) is 0 Å². The van der Waals surface area contributed by atoms with Crippen molar-refractivity contribution < 1.29 is 9.32 Å². The molecule has 0 spiro atoms. The number of carbonyl (C=O) groups is 1. The fourth-order valence-corrected chi connectivity index (χ4v) is 1.54. The molecule has 0 saturated heterocycles. The highest BCUT2D eigenvalue weighted by Gasteiger charge is 2.12. The molecule has 18 heavy (non-hydrogen) atoms. The molecule has 2 rings (SSSR count). The number of imidazole rings is 1. The van der Waals surface area contributed by atoms with Gasteiger partial charge in [-0.3, -0.25) is 4.79 Å². The van der Waals surface area contributed by atoms with Gasteiger partial charge in [0.2, 0.25) is 11.8 Å². The first kappa shape index (κ1) is 12.3. The fourth-order valence-electron chi connectivity index (χ4n) is 1.54. The Bertz CT molecular complexity index is 505. The maximum absolute atomic E-state index is 11.8. The van der Waals surface area contributed by atoms with Crippen molar-refractivity contribution in [2.75, 3.05) is 7.05 Å². The van der Waals surface area contributed by atoms with E-state index < -0.39 is 0 Å². The predicted octanol–water partition coefficient (Wildman–Crippen LogP) is 0.692. The number of nitrogens with one attached hydrogen (secondary N) is 1. The lowest BCUT2D eigenvalue weighted by atomic mass is 10.3. The molecular weight excluding hydrogens is 234 g/mol. The lowest BCUT2D eigenvalue weighted by molar-refractivity contribution is -0.130. The van der Waals surface area contributed by atoms with E-state index in [-0.39, 0.29) is 5.91 Å². The number of hydrogen-bond donors (Lipinski definition) is 1. The third-order valence-electron chi connectivity index (χ3n) is 2.49. The van der Waals surface area contributed by atoms with Crippen molar-refractivity contribution >= 4 is 5.91 Å². The maximum atomic E-state index is 11.8. The van der Waals surface area contributed by atoms with Gasteiger partial charge in [0.05, 0.1) is 6.54 Å². The molecule has 0 fully saturated rings. The highest BCUT2D eigenvalue weighted by Crippen LogP contribution is 2.04. The third kappa shape index (κ3) is 3.16. The first-order valence-electron chi connectivity index (χ1n) is 5.66. The number of amides is 1. The Hall–Kier alpha value is -2.18. The lowest BCUT2D eigenvalue weighted by Crippen LogP contribution is -2.26. The minimum Gasteiger partial charge on any atom is -0.347 e. The van der Waals surface area contributed by atoms with Gasteiger partial charge in [0.15, 0.2) is 5.82 Å². The van der Waals surface area contributed by atoms with Crippen LogP contribution in [0.4, 0.5) is 0 Å². The number of aryl methyl sites for hydroxylation is 2. The van der Waals surface area contributed by atoms with Crippen molar-refractivity contribution in [1.29, 1.82) is 0 Å². The van der Waals surface area contributed by atoms with Crippen molar-refractivity contribution in [3.05, 3.63) is 29.9 Å². The van der Waals surface area contributed by atoms with Crippen LogP contribution in [-0.4, -0.2) is 38.0 Å². The normalized spacial score (nSPS) is 10.6. The molecule has 0 bridgehead atoms. The second-order valence-electron chi connectivity index (χ2n) is 4.02. The monoisotopic (exact) mass is 249 g/mol. The quantitative estimate of drug-likeness (QED) is 0.842. The first-order chi connectivity index (χ1) is 8.65. The molecule has 2 aromatic heterocycles. The van der Waals surface area contributed by atoms with Crippen LogP contribution in [0.1, 0.15) is 24.0 Å². The van der Waals surface area contributed by atoms with Crippen molar-refractivity contribution in [2.45, 2.75) is 26.3 Å². The predicted molar refractivity (Wildman–Crippen MR) is 62.4 cm³/mol. The molecule has 2 heterocycles.